The van der Waals surface area contributed by atoms with Gasteiger partial charge in [-0.05, 0) is 36.6 Å². The fourth-order valence-electron chi connectivity index (χ4n) is 3.91. The van der Waals surface area contributed by atoms with E-state index < -0.39 is 5.97 Å². The fraction of sp³-hybridized carbons (Fsp3) is 0.226. The van der Waals surface area contributed by atoms with Crippen LogP contribution in [0.25, 0.3) is 5.57 Å². The fourth-order valence-corrected chi connectivity index (χ4v) is 4.10. The Hall–Kier alpha value is -4.43. The lowest BCUT2D eigenvalue weighted by Gasteiger charge is -2.11. The van der Waals surface area contributed by atoms with Crippen molar-refractivity contribution in [2.45, 2.75) is 26.4 Å². The van der Waals surface area contributed by atoms with Gasteiger partial charge in [0.25, 0.3) is 0 Å². The number of aryl methyl sites for hydroxylation is 1. The van der Waals surface area contributed by atoms with Gasteiger partial charge in [-0.25, -0.2) is 4.79 Å². The summed E-state index contributed by atoms with van der Waals surface area (Å²) in [7, 11) is 4.22. The predicted octanol–water partition coefficient (Wildman–Crippen LogP) is 6.26. The third-order valence-corrected chi connectivity index (χ3v) is 6.15. The van der Waals surface area contributed by atoms with Gasteiger partial charge in [-0.3, -0.25) is 4.79 Å². The largest absolute Gasteiger partial charge is 0.503 e. The number of ether oxygens (including phenoxy) is 2. The van der Waals surface area contributed by atoms with Crippen molar-refractivity contribution in [2.24, 2.45) is 10.3 Å². The van der Waals surface area contributed by atoms with E-state index in [0.717, 1.165) is 16.7 Å². The second-order valence-electron chi connectivity index (χ2n) is 8.62. The molecule has 0 radical (unpaired) electrons. The molecule has 0 heterocycles. The second kappa shape index (κ2) is 15.2. The minimum absolute atomic E-state index is 0.0336. The molecule has 3 aromatic carbocycles. The normalized spacial score (nSPS) is 12.1. The molecule has 0 spiro atoms. The van der Waals surface area contributed by atoms with Gasteiger partial charge in [-0.1, -0.05) is 82.6 Å². The Morgan fingerprint density at radius 3 is 2.33 bits per heavy atom. The lowest BCUT2D eigenvalue weighted by molar-refractivity contribution is -0.133. The molecule has 0 amide bonds. The van der Waals surface area contributed by atoms with E-state index in [1.165, 1.54) is 27.6 Å². The maximum Gasteiger partial charge on any atom is 0.341 e. The quantitative estimate of drug-likeness (QED) is 0.0609. The molecule has 0 N–H and O–H groups in total. The van der Waals surface area contributed by atoms with E-state index in [0.29, 0.717) is 40.4 Å². The molecule has 9 heteroatoms. The lowest BCUT2D eigenvalue weighted by Crippen LogP contribution is -2.14. The minimum atomic E-state index is -0.527. The van der Waals surface area contributed by atoms with Crippen LogP contribution in [0, 0.1) is 0 Å². The number of halogens is 1. The molecule has 0 fully saturated rings. The van der Waals surface area contributed by atoms with Crippen LogP contribution in [-0.2, 0) is 37.0 Å². The monoisotopic (exact) mass is 562 g/mol. The third kappa shape index (κ3) is 8.28. The highest BCUT2D eigenvalue weighted by molar-refractivity contribution is 6.47. The molecule has 0 aliphatic carbocycles. The molecule has 208 valence electrons. The molecule has 0 saturated carbocycles. The first-order valence-corrected chi connectivity index (χ1v) is 12.8. The molecule has 0 aliphatic heterocycles. The number of esters is 1. The summed E-state index contributed by atoms with van der Waals surface area (Å²) in [6, 6.07) is 21.9. The molecule has 40 heavy (non-hydrogen) atoms. The maximum atomic E-state index is 12.5. The number of carbonyl (C=O) groups excluding carboxylic acids is 2. The molecular weight excluding hydrogens is 532 g/mol. The van der Waals surface area contributed by atoms with Crippen LogP contribution in [0.3, 0.4) is 0 Å². The van der Waals surface area contributed by atoms with Crippen LogP contribution >= 0.6 is 11.6 Å². The van der Waals surface area contributed by atoms with E-state index in [2.05, 4.69) is 10.3 Å². The number of hydrogen-bond donors (Lipinski definition) is 0. The zero-order valence-electron chi connectivity index (χ0n) is 22.8. The summed E-state index contributed by atoms with van der Waals surface area (Å²) >= 11 is 6.00. The van der Waals surface area contributed by atoms with Gasteiger partial charge in [0, 0.05) is 28.1 Å². The SMILES string of the molecule is COC=C(C(=O)OC)c1ccccc1CO/N=C(C)/C(=N/OC)c1ccc(CCC(=O)c2cccc(Cl)c2)cc1. The second-order valence-corrected chi connectivity index (χ2v) is 9.06. The highest BCUT2D eigenvalue weighted by Crippen LogP contribution is 2.22. The summed E-state index contributed by atoms with van der Waals surface area (Å²) in [4.78, 5) is 35.4. The average Bonchev–Trinajstić information content (AvgIpc) is 2.97. The van der Waals surface area contributed by atoms with Crippen LogP contribution in [0.5, 0.6) is 0 Å². The summed E-state index contributed by atoms with van der Waals surface area (Å²) in [5, 5.41) is 8.90. The van der Waals surface area contributed by atoms with Crippen LogP contribution in [0.15, 0.2) is 89.4 Å². The van der Waals surface area contributed by atoms with Gasteiger partial charge >= 0.3 is 5.97 Å². The number of carbonyl (C=O) groups is 2. The van der Waals surface area contributed by atoms with Crippen molar-refractivity contribution in [1.82, 2.24) is 0 Å². The van der Waals surface area contributed by atoms with Gasteiger partial charge in [0.15, 0.2) is 5.78 Å². The molecule has 8 nitrogen and oxygen atoms in total. The van der Waals surface area contributed by atoms with Crippen LogP contribution < -0.4 is 0 Å². The van der Waals surface area contributed by atoms with Crippen molar-refractivity contribution in [3.05, 3.63) is 112 Å². The number of hydrogen-bond acceptors (Lipinski definition) is 8. The van der Waals surface area contributed by atoms with Gasteiger partial charge in [0.05, 0.1) is 20.5 Å². The van der Waals surface area contributed by atoms with Gasteiger partial charge in [0.1, 0.15) is 30.7 Å². The first-order valence-electron chi connectivity index (χ1n) is 12.4. The smallest absolute Gasteiger partial charge is 0.341 e. The number of methoxy groups -OCH3 is 2. The van der Waals surface area contributed by atoms with Crippen molar-refractivity contribution in [3.63, 3.8) is 0 Å². The molecule has 3 aromatic rings. The van der Waals surface area contributed by atoms with Crippen molar-refractivity contribution >= 4 is 40.3 Å². The Morgan fingerprint density at radius 1 is 0.900 bits per heavy atom. The van der Waals surface area contributed by atoms with Gasteiger partial charge in [0.2, 0.25) is 0 Å². The molecule has 0 atom stereocenters. The Balaban J connectivity index is 1.69. The third-order valence-electron chi connectivity index (χ3n) is 5.91. The van der Waals surface area contributed by atoms with Gasteiger partial charge < -0.3 is 19.1 Å². The predicted molar refractivity (Wildman–Crippen MR) is 155 cm³/mol. The summed E-state index contributed by atoms with van der Waals surface area (Å²) in [5.41, 5.74) is 4.95. The molecule has 0 aromatic heterocycles. The van der Waals surface area contributed by atoms with Gasteiger partial charge in [-0.15, -0.1) is 0 Å². The van der Waals surface area contributed by atoms with E-state index in [9.17, 15) is 9.59 Å². The number of ketones is 1. The zero-order valence-corrected chi connectivity index (χ0v) is 23.6. The van der Waals surface area contributed by atoms with Crippen LogP contribution in [0.2, 0.25) is 5.02 Å². The summed E-state index contributed by atoms with van der Waals surface area (Å²) in [5.74, 6) is -0.493. The topological polar surface area (TPSA) is 95.8 Å². The van der Waals surface area contributed by atoms with E-state index in [-0.39, 0.29) is 18.0 Å². The van der Waals surface area contributed by atoms with Crippen molar-refractivity contribution in [1.29, 1.82) is 0 Å². The molecule has 0 aliphatic rings. The van der Waals surface area contributed by atoms with E-state index in [4.69, 9.17) is 30.7 Å². The first-order chi connectivity index (χ1) is 19.4. The van der Waals surface area contributed by atoms with Crippen LogP contribution in [-0.4, -0.2) is 44.5 Å². The Labute approximate surface area is 238 Å². The summed E-state index contributed by atoms with van der Waals surface area (Å²) in [6.07, 6.45) is 2.29. The number of Topliss-reactive ketones (excluding diaryl/α,β-unsaturated/α-hetero) is 1. The van der Waals surface area contributed by atoms with Crippen LogP contribution in [0.4, 0.5) is 0 Å². The van der Waals surface area contributed by atoms with Crippen molar-refractivity contribution in [3.8, 4) is 0 Å². The Morgan fingerprint density at radius 2 is 1.65 bits per heavy atom. The highest BCUT2D eigenvalue weighted by Gasteiger charge is 2.17. The number of benzene rings is 3. The number of oxime groups is 2. The minimum Gasteiger partial charge on any atom is -0.503 e. The lowest BCUT2D eigenvalue weighted by atomic mass is 10.00. The average molecular weight is 563 g/mol. The van der Waals surface area contributed by atoms with E-state index in [1.807, 2.05) is 36.4 Å². The Kier molecular flexibility index (Phi) is 11.5. The zero-order chi connectivity index (χ0) is 28.9. The molecule has 0 bridgehead atoms. The molecule has 0 unspecified atom stereocenters. The summed E-state index contributed by atoms with van der Waals surface area (Å²) in [6.45, 7) is 1.84. The van der Waals surface area contributed by atoms with Gasteiger partial charge in [-0.2, -0.15) is 0 Å². The van der Waals surface area contributed by atoms with Crippen LogP contribution in [0.1, 0.15) is 46.0 Å². The Bertz CT molecular complexity index is 1410. The number of rotatable bonds is 13. The molecule has 3 rings (SSSR count). The molecule has 0 saturated heterocycles. The first kappa shape index (κ1) is 30.1. The van der Waals surface area contributed by atoms with Crippen molar-refractivity contribution < 1.29 is 28.7 Å². The summed E-state index contributed by atoms with van der Waals surface area (Å²) < 4.78 is 9.94. The molecular formula is C31H31ClN2O6. The number of nitrogens with zero attached hydrogens (tertiary/aromatic N) is 2. The van der Waals surface area contributed by atoms with Crippen molar-refractivity contribution in [2.75, 3.05) is 21.3 Å². The standard InChI is InChI=1S/C31H31ClN2O6/c1-21(33-40-19-25-8-5-6-11-27(25)28(20-37-2)31(36)38-3)30(34-39-4)23-15-12-22(13-16-23)14-17-29(35)24-9-7-10-26(32)18-24/h5-13,15-16,18,20H,14,17,19H2,1-4H3/b28-20?,33-21+,34-30-. The highest BCUT2D eigenvalue weighted by atomic mass is 35.5. The van der Waals surface area contributed by atoms with E-state index in [1.54, 1.807) is 43.3 Å². The van der Waals surface area contributed by atoms with E-state index >= 15 is 0 Å². The maximum absolute atomic E-state index is 12.5.